The summed E-state index contributed by atoms with van der Waals surface area (Å²) in [5.41, 5.74) is 0.488. The van der Waals surface area contributed by atoms with E-state index < -0.39 is 0 Å². The van der Waals surface area contributed by atoms with E-state index in [1.807, 2.05) is 24.3 Å². The van der Waals surface area contributed by atoms with Crippen LogP contribution in [0.15, 0.2) is 42.6 Å². The minimum Gasteiger partial charge on any atom is -0.345 e. The average Bonchev–Trinajstić information content (AvgIpc) is 2.75. The minimum atomic E-state index is -0.243. The molecule has 0 spiro atoms. The van der Waals surface area contributed by atoms with E-state index in [0.717, 1.165) is 18.8 Å². The van der Waals surface area contributed by atoms with Crippen molar-refractivity contribution in [2.24, 2.45) is 0 Å². The maximum Gasteiger partial charge on any atom is 0.147 e. The Morgan fingerprint density at radius 1 is 1.22 bits per heavy atom. The zero-order valence-corrected chi connectivity index (χ0v) is 12.1. The van der Waals surface area contributed by atoms with Crippen LogP contribution in [0.4, 0.5) is 15.1 Å². The van der Waals surface area contributed by atoms with Crippen molar-refractivity contribution in [3.8, 4) is 0 Å². The number of nitrogens with zero attached hydrogens (tertiary/aromatic N) is 1. The monoisotopic (exact) mass is 370 g/mol. The Bertz CT molecular complexity index is 678. The normalized spacial score (nSPS) is 10.8. The second kappa shape index (κ2) is 4.81. The van der Waals surface area contributed by atoms with Crippen molar-refractivity contribution in [2.45, 2.75) is 0 Å². The fourth-order valence-corrected chi connectivity index (χ4v) is 3.03. The number of anilines is 2. The van der Waals surface area contributed by atoms with Crippen LogP contribution in [0.5, 0.6) is 0 Å². The molecule has 18 heavy (non-hydrogen) atoms. The quantitative estimate of drug-likeness (QED) is 0.657. The lowest BCUT2D eigenvalue weighted by atomic mass is 10.3. The van der Waals surface area contributed by atoms with Crippen LogP contribution < -0.4 is 5.32 Å². The van der Waals surface area contributed by atoms with Gasteiger partial charge in [-0.3, -0.25) is 0 Å². The highest BCUT2D eigenvalue weighted by atomic mass is 127. The zero-order chi connectivity index (χ0) is 12.5. The van der Waals surface area contributed by atoms with Crippen LogP contribution in [0.2, 0.25) is 0 Å². The van der Waals surface area contributed by atoms with Gasteiger partial charge in [-0.25, -0.2) is 9.37 Å². The first kappa shape index (κ1) is 11.9. The van der Waals surface area contributed by atoms with Crippen LogP contribution in [0, 0.1) is 9.39 Å². The minimum absolute atomic E-state index is 0.243. The molecule has 1 N–H and O–H groups in total. The summed E-state index contributed by atoms with van der Waals surface area (Å²) in [6.07, 6.45) is 1.76. The van der Waals surface area contributed by atoms with Crippen LogP contribution in [-0.2, 0) is 0 Å². The second-order valence-corrected chi connectivity index (χ2v) is 6.03. The predicted octanol–water partition coefficient (Wildman–Crippen LogP) is 4.78. The van der Waals surface area contributed by atoms with E-state index in [9.17, 15) is 4.39 Å². The van der Waals surface area contributed by atoms with E-state index in [2.05, 4.69) is 32.9 Å². The highest BCUT2D eigenvalue weighted by Crippen LogP contribution is 2.31. The molecular formula is C13H8FIN2S. The van der Waals surface area contributed by atoms with Gasteiger partial charge in [-0.15, -0.1) is 0 Å². The third-order valence-corrected chi connectivity index (χ3v) is 4.13. The number of thiophene rings is 1. The summed E-state index contributed by atoms with van der Waals surface area (Å²) in [6.45, 7) is 0. The third kappa shape index (κ3) is 2.32. The van der Waals surface area contributed by atoms with Crippen molar-refractivity contribution >= 4 is 54.8 Å². The van der Waals surface area contributed by atoms with Gasteiger partial charge >= 0.3 is 0 Å². The molecule has 0 amide bonds. The fraction of sp³-hybridized carbons (Fsp3) is 0. The lowest BCUT2D eigenvalue weighted by Crippen LogP contribution is -1.91. The van der Waals surface area contributed by atoms with Crippen LogP contribution in [0.1, 0.15) is 0 Å². The van der Waals surface area contributed by atoms with Crippen molar-refractivity contribution in [1.82, 2.24) is 4.98 Å². The number of nitrogens with one attached hydrogen (secondary N) is 1. The highest BCUT2D eigenvalue weighted by molar-refractivity contribution is 14.1. The van der Waals surface area contributed by atoms with Gasteiger partial charge in [0.05, 0.1) is 10.7 Å². The number of rotatable bonds is 2. The highest BCUT2D eigenvalue weighted by Gasteiger charge is 2.06. The molecule has 90 valence electrons. The van der Waals surface area contributed by atoms with E-state index in [4.69, 9.17) is 0 Å². The molecule has 1 aromatic carbocycles. The number of benzene rings is 1. The maximum absolute atomic E-state index is 13.7. The van der Waals surface area contributed by atoms with Crippen molar-refractivity contribution in [3.05, 3.63) is 52.0 Å². The molecule has 3 rings (SSSR count). The molecule has 0 fully saturated rings. The van der Waals surface area contributed by atoms with Gasteiger partial charge in [0.1, 0.15) is 10.6 Å². The summed E-state index contributed by atoms with van der Waals surface area (Å²) < 4.78 is 14.6. The SMILES string of the molecule is Fc1cc(I)ccc1Nc1cc2cccnc2s1. The van der Waals surface area contributed by atoms with Gasteiger partial charge in [0.15, 0.2) is 0 Å². The molecule has 0 atom stereocenters. The average molecular weight is 370 g/mol. The van der Waals surface area contributed by atoms with E-state index in [0.29, 0.717) is 5.69 Å². The van der Waals surface area contributed by atoms with Crippen molar-refractivity contribution in [3.63, 3.8) is 0 Å². The number of pyridine rings is 1. The number of fused-ring (bicyclic) bond motifs is 1. The Kier molecular flexibility index (Phi) is 3.17. The molecule has 0 aliphatic rings. The Morgan fingerprint density at radius 2 is 2.11 bits per heavy atom. The summed E-state index contributed by atoms with van der Waals surface area (Å²) in [5, 5.41) is 5.05. The number of hydrogen-bond acceptors (Lipinski definition) is 3. The Morgan fingerprint density at radius 3 is 2.89 bits per heavy atom. The molecule has 0 aliphatic carbocycles. The predicted molar refractivity (Wildman–Crippen MR) is 82.0 cm³/mol. The molecule has 0 unspecified atom stereocenters. The molecule has 2 heterocycles. The molecule has 5 heteroatoms. The smallest absolute Gasteiger partial charge is 0.147 e. The zero-order valence-electron chi connectivity index (χ0n) is 9.15. The summed E-state index contributed by atoms with van der Waals surface area (Å²) >= 11 is 3.60. The van der Waals surface area contributed by atoms with E-state index in [-0.39, 0.29) is 5.82 Å². The molecule has 0 aliphatic heterocycles. The van der Waals surface area contributed by atoms with Gasteiger partial charge in [-0.2, -0.15) is 0 Å². The van der Waals surface area contributed by atoms with E-state index in [1.165, 1.54) is 17.4 Å². The lowest BCUT2D eigenvalue weighted by molar-refractivity contribution is 0.631. The fourth-order valence-electron chi connectivity index (χ4n) is 1.66. The Labute approximate surface area is 121 Å². The van der Waals surface area contributed by atoms with Gasteiger partial charge in [0, 0.05) is 15.2 Å². The van der Waals surface area contributed by atoms with Crippen LogP contribution >= 0.6 is 33.9 Å². The summed E-state index contributed by atoms with van der Waals surface area (Å²) in [6, 6.07) is 11.0. The molecule has 0 saturated heterocycles. The Balaban J connectivity index is 1.96. The van der Waals surface area contributed by atoms with Gasteiger partial charge in [-0.05, 0) is 52.9 Å². The second-order valence-electron chi connectivity index (χ2n) is 3.76. The molecule has 2 aromatic heterocycles. The standard InChI is InChI=1S/C13H8FIN2S/c14-10-7-9(15)3-4-11(10)17-12-6-8-2-1-5-16-13(8)18-12/h1-7,17H. The lowest BCUT2D eigenvalue weighted by Gasteiger charge is -2.04. The summed E-state index contributed by atoms with van der Waals surface area (Å²) in [7, 11) is 0. The van der Waals surface area contributed by atoms with Gasteiger partial charge < -0.3 is 5.32 Å². The maximum atomic E-state index is 13.7. The first-order chi connectivity index (χ1) is 8.72. The van der Waals surface area contributed by atoms with E-state index >= 15 is 0 Å². The summed E-state index contributed by atoms with van der Waals surface area (Å²) in [4.78, 5) is 5.21. The van der Waals surface area contributed by atoms with Crippen molar-refractivity contribution in [1.29, 1.82) is 0 Å². The first-order valence-corrected chi connectivity index (χ1v) is 7.18. The molecule has 0 saturated carbocycles. The van der Waals surface area contributed by atoms with Crippen LogP contribution in [0.3, 0.4) is 0 Å². The van der Waals surface area contributed by atoms with Crippen LogP contribution in [0.25, 0.3) is 10.2 Å². The topological polar surface area (TPSA) is 24.9 Å². The number of aromatic nitrogens is 1. The van der Waals surface area contributed by atoms with Crippen molar-refractivity contribution < 1.29 is 4.39 Å². The molecule has 2 nitrogen and oxygen atoms in total. The van der Waals surface area contributed by atoms with E-state index in [1.54, 1.807) is 12.3 Å². The van der Waals surface area contributed by atoms with Gasteiger partial charge in [0.2, 0.25) is 0 Å². The number of halogens is 2. The first-order valence-electron chi connectivity index (χ1n) is 5.29. The molecule has 0 bridgehead atoms. The Hall–Kier alpha value is -1.21. The number of hydrogen-bond donors (Lipinski definition) is 1. The molecule has 3 aromatic rings. The van der Waals surface area contributed by atoms with Gasteiger partial charge in [0.25, 0.3) is 0 Å². The molecular weight excluding hydrogens is 362 g/mol. The van der Waals surface area contributed by atoms with Gasteiger partial charge in [-0.1, -0.05) is 17.4 Å². The molecule has 0 radical (unpaired) electrons. The third-order valence-electron chi connectivity index (χ3n) is 2.48. The largest absolute Gasteiger partial charge is 0.345 e. The van der Waals surface area contributed by atoms with Crippen LogP contribution in [-0.4, -0.2) is 4.98 Å². The van der Waals surface area contributed by atoms with Crippen molar-refractivity contribution in [2.75, 3.05) is 5.32 Å². The summed E-state index contributed by atoms with van der Waals surface area (Å²) in [5.74, 6) is -0.243.